The van der Waals surface area contributed by atoms with Crippen molar-refractivity contribution in [1.82, 2.24) is 19.7 Å². The normalized spacial score (nSPS) is 26.8. The summed E-state index contributed by atoms with van der Waals surface area (Å²) < 4.78 is 10.9. The number of amides is 2. The molecule has 198 valence electrons. The molecule has 1 aromatic heterocycles. The van der Waals surface area contributed by atoms with E-state index in [1.54, 1.807) is 6.92 Å². The van der Waals surface area contributed by atoms with Crippen molar-refractivity contribution in [2.24, 2.45) is 0 Å². The molecule has 2 atom stereocenters. The Balaban J connectivity index is 1.18. The molecule has 8 heteroatoms. The molecule has 2 unspecified atom stereocenters. The van der Waals surface area contributed by atoms with Gasteiger partial charge in [-0.2, -0.15) is 0 Å². The fourth-order valence-electron chi connectivity index (χ4n) is 7.60. The Kier molecular flexibility index (Phi) is 6.25. The Morgan fingerprint density at radius 1 is 1.08 bits per heavy atom. The Bertz CT molecular complexity index is 1170. The van der Waals surface area contributed by atoms with Crippen LogP contribution in [0.1, 0.15) is 78.7 Å². The summed E-state index contributed by atoms with van der Waals surface area (Å²) in [7, 11) is 0. The minimum absolute atomic E-state index is 0.0337. The SMILES string of the molecule is CCOC(=O)N1C2CCC1CC(N1CCC3(CC1)CN(C(=O)c1nc(C)oc1C)Cc1ccccc13)C2. The van der Waals surface area contributed by atoms with Crippen LogP contribution in [-0.2, 0) is 16.7 Å². The molecule has 2 aromatic rings. The van der Waals surface area contributed by atoms with E-state index in [0.29, 0.717) is 55.2 Å². The number of fused-ring (bicyclic) bond motifs is 4. The van der Waals surface area contributed by atoms with E-state index in [0.717, 1.165) is 51.6 Å². The van der Waals surface area contributed by atoms with Crippen molar-refractivity contribution in [3.8, 4) is 0 Å². The highest BCUT2D eigenvalue weighted by Crippen LogP contribution is 2.45. The number of likely N-dealkylation sites (tertiary alicyclic amines) is 1. The number of carbonyl (C=O) groups is 2. The van der Waals surface area contributed by atoms with Crippen molar-refractivity contribution < 1.29 is 18.7 Å². The van der Waals surface area contributed by atoms with Crippen molar-refractivity contribution in [2.45, 2.75) is 89.4 Å². The molecule has 6 rings (SSSR count). The third kappa shape index (κ3) is 4.23. The van der Waals surface area contributed by atoms with Crippen molar-refractivity contribution >= 4 is 12.0 Å². The van der Waals surface area contributed by atoms with Crippen LogP contribution < -0.4 is 0 Å². The van der Waals surface area contributed by atoms with E-state index in [9.17, 15) is 9.59 Å². The van der Waals surface area contributed by atoms with Crippen LogP contribution in [0, 0.1) is 13.8 Å². The Morgan fingerprint density at radius 3 is 2.43 bits per heavy atom. The van der Waals surface area contributed by atoms with Crippen molar-refractivity contribution in [3.63, 3.8) is 0 Å². The van der Waals surface area contributed by atoms with Crippen LogP contribution in [0.2, 0.25) is 0 Å². The van der Waals surface area contributed by atoms with Gasteiger partial charge in [-0.25, -0.2) is 9.78 Å². The molecule has 4 aliphatic heterocycles. The highest BCUT2D eigenvalue weighted by atomic mass is 16.6. The topological polar surface area (TPSA) is 79.1 Å². The van der Waals surface area contributed by atoms with Gasteiger partial charge in [0.1, 0.15) is 5.76 Å². The van der Waals surface area contributed by atoms with Gasteiger partial charge in [0.25, 0.3) is 5.91 Å². The number of ether oxygens (including phenoxy) is 1. The number of oxazole rings is 1. The minimum Gasteiger partial charge on any atom is -0.450 e. The molecule has 1 aromatic carbocycles. The number of aryl methyl sites for hydroxylation is 2. The van der Waals surface area contributed by atoms with Crippen LogP contribution in [0.15, 0.2) is 28.7 Å². The van der Waals surface area contributed by atoms with Crippen molar-refractivity contribution in [3.05, 3.63) is 52.7 Å². The summed E-state index contributed by atoms with van der Waals surface area (Å²) in [6.45, 7) is 9.28. The number of rotatable bonds is 3. The van der Waals surface area contributed by atoms with Crippen LogP contribution in [0.3, 0.4) is 0 Å². The lowest BCUT2D eigenvalue weighted by Gasteiger charge is -2.51. The summed E-state index contributed by atoms with van der Waals surface area (Å²) in [5.74, 6) is 1.09. The number of piperidine rings is 2. The zero-order chi connectivity index (χ0) is 25.7. The second-order valence-electron chi connectivity index (χ2n) is 11.4. The van der Waals surface area contributed by atoms with E-state index in [1.165, 1.54) is 11.1 Å². The molecule has 0 saturated carbocycles. The standard InChI is InChI=1S/C29H38N4O4/c1-4-36-28(35)33-22-9-10-23(33)16-24(15-22)31-13-11-29(12-14-31)18-32(17-21-7-5-6-8-25(21)29)27(34)26-19(2)37-20(3)30-26/h5-8,22-24H,4,9-18H2,1-3H3. The maximum absolute atomic E-state index is 13.5. The van der Waals surface area contributed by atoms with Crippen LogP contribution in [-0.4, -0.2) is 76.1 Å². The second kappa shape index (κ2) is 9.46. The molecule has 37 heavy (non-hydrogen) atoms. The zero-order valence-electron chi connectivity index (χ0n) is 22.2. The number of carbonyl (C=O) groups excluding carboxylic acids is 2. The van der Waals surface area contributed by atoms with E-state index in [-0.39, 0.29) is 17.4 Å². The number of aromatic nitrogens is 1. The first-order valence-electron chi connectivity index (χ1n) is 13.9. The van der Waals surface area contributed by atoms with Gasteiger partial charge in [-0.3, -0.25) is 4.79 Å². The van der Waals surface area contributed by atoms with Crippen LogP contribution in [0.25, 0.3) is 0 Å². The highest BCUT2D eigenvalue weighted by Gasteiger charge is 2.48. The zero-order valence-corrected chi connectivity index (χ0v) is 22.2. The molecule has 4 aliphatic rings. The molecule has 1 spiro atoms. The summed E-state index contributed by atoms with van der Waals surface area (Å²) >= 11 is 0. The quantitative estimate of drug-likeness (QED) is 0.613. The largest absolute Gasteiger partial charge is 0.450 e. The maximum atomic E-state index is 13.5. The minimum atomic E-state index is -0.132. The van der Waals surface area contributed by atoms with Gasteiger partial charge in [-0.05, 0) is 76.6 Å². The van der Waals surface area contributed by atoms with Gasteiger partial charge in [0.15, 0.2) is 11.6 Å². The Morgan fingerprint density at radius 2 is 1.78 bits per heavy atom. The van der Waals surface area contributed by atoms with Crippen LogP contribution in [0.5, 0.6) is 0 Å². The lowest BCUT2D eigenvalue weighted by molar-refractivity contribution is 0.0191. The molecule has 0 aliphatic carbocycles. The average molecular weight is 507 g/mol. The summed E-state index contributed by atoms with van der Waals surface area (Å²) in [5.41, 5.74) is 3.05. The van der Waals surface area contributed by atoms with Gasteiger partial charge in [0, 0.05) is 43.6 Å². The fraction of sp³-hybridized carbons (Fsp3) is 0.621. The number of hydrogen-bond acceptors (Lipinski definition) is 6. The van der Waals surface area contributed by atoms with E-state index >= 15 is 0 Å². The molecule has 5 heterocycles. The van der Waals surface area contributed by atoms with Gasteiger partial charge < -0.3 is 23.9 Å². The lowest BCUT2D eigenvalue weighted by Crippen LogP contribution is -2.57. The summed E-state index contributed by atoms with van der Waals surface area (Å²) in [4.78, 5) is 37.1. The third-order valence-corrected chi connectivity index (χ3v) is 9.30. The van der Waals surface area contributed by atoms with Gasteiger partial charge >= 0.3 is 6.09 Å². The monoisotopic (exact) mass is 506 g/mol. The second-order valence-corrected chi connectivity index (χ2v) is 11.4. The Labute approximate surface area is 218 Å². The summed E-state index contributed by atoms with van der Waals surface area (Å²) in [6, 6.07) is 9.78. The summed E-state index contributed by atoms with van der Waals surface area (Å²) in [6.07, 6.45) is 6.16. The lowest BCUT2D eigenvalue weighted by atomic mass is 9.68. The number of benzene rings is 1. The molecule has 3 fully saturated rings. The predicted octanol–water partition coefficient (Wildman–Crippen LogP) is 4.43. The molecule has 3 saturated heterocycles. The van der Waals surface area contributed by atoms with Crippen molar-refractivity contribution in [2.75, 3.05) is 26.2 Å². The van der Waals surface area contributed by atoms with Gasteiger partial charge in [-0.1, -0.05) is 24.3 Å². The molecule has 0 radical (unpaired) electrons. The molecule has 8 nitrogen and oxygen atoms in total. The van der Waals surface area contributed by atoms with Gasteiger partial charge in [-0.15, -0.1) is 0 Å². The van der Waals surface area contributed by atoms with Crippen LogP contribution >= 0.6 is 0 Å². The van der Waals surface area contributed by atoms with Crippen molar-refractivity contribution in [1.29, 1.82) is 0 Å². The highest BCUT2D eigenvalue weighted by molar-refractivity contribution is 5.93. The Hall–Kier alpha value is -2.87. The van der Waals surface area contributed by atoms with Crippen LogP contribution in [0.4, 0.5) is 4.79 Å². The molecular formula is C29H38N4O4. The first-order valence-corrected chi connectivity index (χ1v) is 13.9. The predicted molar refractivity (Wildman–Crippen MR) is 138 cm³/mol. The molecule has 2 bridgehead atoms. The first-order chi connectivity index (χ1) is 17.9. The smallest absolute Gasteiger partial charge is 0.410 e. The van der Waals surface area contributed by atoms with E-state index in [2.05, 4.69) is 34.1 Å². The maximum Gasteiger partial charge on any atom is 0.410 e. The fourth-order valence-corrected chi connectivity index (χ4v) is 7.60. The van der Waals surface area contributed by atoms with E-state index in [1.807, 2.05) is 23.6 Å². The number of hydrogen-bond donors (Lipinski definition) is 0. The third-order valence-electron chi connectivity index (χ3n) is 9.30. The van der Waals surface area contributed by atoms with Gasteiger partial charge in [0.05, 0.1) is 6.61 Å². The average Bonchev–Trinajstić information content (AvgIpc) is 3.37. The first kappa shape index (κ1) is 24.5. The van der Waals surface area contributed by atoms with E-state index < -0.39 is 0 Å². The van der Waals surface area contributed by atoms with E-state index in [4.69, 9.17) is 9.15 Å². The molecular weight excluding hydrogens is 468 g/mol. The molecule has 2 amide bonds. The molecule has 0 N–H and O–H groups in total. The van der Waals surface area contributed by atoms with Gasteiger partial charge in [0.2, 0.25) is 0 Å². The number of nitrogens with zero attached hydrogens (tertiary/aromatic N) is 4. The summed E-state index contributed by atoms with van der Waals surface area (Å²) in [5, 5.41) is 0.